The number of nitrogens with two attached hydrogens (primary N) is 1. The number of aryl methyl sites for hydroxylation is 1. The van der Waals surface area contributed by atoms with E-state index in [4.69, 9.17) is 10.5 Å². The summed E-state index contributed by atoms with van der Waals surface area (Å²) in [5.74, 6) is 0.634. The molecular formula is C13H18N2O2S. The summed E-state index contributed by atoms with van der Waals surface area (Å²) in [6.45, 7) is 4.73. The van der Waals surface area contributed by atoms with E-state index in [0.717, 1.165) is 16.1 Å². The number of carbonyl (C=O) groups excluding carboxylic acids is 1. The second kappa shape index (κ2) is 6.11. The highest BCUT2D eigenvalue weighted by atomic mass is 32.2. The fourth-order valence-electron chi connectivity index (χ4n) is 1.82. The first-order valence-electron chi connectivity index (χ1n) is 6.01. The lowest BCUT2D eigenvalue weighted by atomic mass is 10.2. The van der Waals surface area contributed by atoms with Crippen LogP contribution >= 0.6 is 11.8 Å². The van der Waals surface area contributed by atoms with Gasteiger partial charge in [-0.25, -0.2) is 0 Å². The molecule has 5 heteroatoms. The third kappa shape index (κ3) is 3.40. The number of amides is 1. The number of nitrogen functional groups attached to an aromatic ring is 1. The van der Waals surface area contributed by atoms with Crippen molar-refractivity contribution in [2.45, 2.75) is 11.8 Å². The molecule has 1 amide bonds. The number of hydrogen-bond donors (Lipinski definition) is 1. The largest absolute Gasteiger partial charge is 0.399 e. The van der Waals surface area contributed by atoms with Crippen LogP contribution in [-0.2, 0) is 9.53 Å². The van der Waals surface area contributed by atoms with Crippen molar-refractivity contribution in [2.75, 3.05) is 37.8 Å². The van der Waals surface area contributed by atoms with Gasteiger partial charge in [0.1, 0.15) is 0 Å². The van der Waals surface area contributed by atoms with Crippen molar-refractivity contribution >= 4 is 23.4 Å². The molecule has 1 aromatic carbocycles. The van der Waals surface area contributed by atoms with E-state index < -0.39 is 0 Å². The first-order valence-corrected chi connectivity index (χ1v) is 7.00. The van der Waals surface area contributed by atoms with E-state index in [2.05, 4.69) is 0 Å². The first kappa shape index (κ1) is 13.2. The summed E-state index contributed by atoms with van der Waals surface area (Å²) >= 11 is 1.55. The normalized spacial score (nSPS) is 15.7. The standard InChI is InChI=1S/C13H18N2O2S/c1-10-2-3-11(14)8-12(10)18-9-13(16)15-4-6-17-7-5-15/h2-3,8H,4-7,9,14H2,1H3. The first-order chi connectivity index (χ1) is 8.66. The third-order valence-corrected chi connectivity index (χ3v) is 4.07. The van der Waals surface area contributed by atoms with Gasteiger partial charge in [-0.15, -0.1) is 11.8 Å². The van der Waals surface area contributed by atoms with Crippen LogP contribution in [-0.4, -0.2) is 42.9 Å². The number of nitrogens with zero attached hydrogens (tertiary/aromatic N) is 1. The molecule has 0 spiro atoms. The van der Waals surface area contributed by atoms with Crippen LogP contribution < -0.4 is 5.73 Å². The maximum Gasteiger partial charge on any atom is 0.233 e. The number of ether oxygens (including phenoxy) is 1. The van der Waals surface area contributed by atoms with Gasteiger partial charge in [0.05, 0.1) is 19.0 Å². The molecule has 0 aliphatic carbocycles. The average molecular weight is 266 g/mol. The SMILES string of the molecule is Cc1ccc(N)cc1SCC(=O)N1CCOCC1. The fraction of sp³-hybridized carbons (Fsp3) is 0.462. The number of morpholine rings is 1. The van der Waals surface area contributed by atoms with Crippen LogP contribution in [0.15, 0.2) is 23.1 Å². The van der Waals surface area contributed by atoms with Crippen molar-refractivity contribution in [1.29, 1.82) is 0 Å². The predicted octanol–water partition coefficient (Wildman–Crippen LogP) is 1.53. The zero-order valence-electron chi connectivity index (χ0n) is 10.5. The molecule has 2 N–H and O–H groups in total. The minimum absolute atomic E-state index is 0.171. The van der Waals surface area contributed by atoms with Gasteiger partial charge >= 0.3 is 0 Å². The van der Waals surface area contributed by atoms with Crippen LogP contribution in [0.25, 0.3) is 0 Å². The van der Waals surface area contributed by atoms with Crippen LogP contribution in [0.1, 0.15) is 5.56 Å². The Bertz CT molecular complexity index is 431. The molecule has 0 aromatic heterocycles. The second-order valence-electron chi connectivity index (χ2n) is 4.31. The molecule has 98 valence electrons. The molecule has 18 heavy (non-hydrogen) atoms. The Balaban J connectivity index is 1.90. The molecule has 0 atom stereocenters. The highest BCUT2D eigenvalue weighted by Gasteiger charge is 2.16. The van der Waals surface area contributed by atoms with E-state index in [1.54, 1.807) is 11.8 Å². The highest BCUT2D eigenvalue weighted by Crippen LogP contribution is 2.24. The Morgan fingerprint density at radius 2 is 2.17 bits per heavy atom. The second-order valence-corrected chi connectivity index (χ2v) is 5.32. The summed E-state index contributed by atoms with van der Waals surface area (Å²) in [5, 5.41) is 0. The molecule has 0 radical (unpaired) electrons. The summed E-state index contributed by atoms with van der Waals surface area (Å²) in [6.07, 6.45) is 0. The lowest BCUT2D eigenvalue weighted by Crippen LogP contribution is -2.41. The highest BCUT2D eigenvalue weighted by molar-refractivity contribution is 8.00. The maximum absolute atomic E-state index is 12.0. The van der Waals surface area contributed by atoms with Crippen molar-refractivity contribution in [3.8, 4) is 0 Å². The topological polar surface area (TPSA) is 55.6 Å². The van der Waals surface area contributed by atoms with Gasteiger partial charge in [-0.05, 0) is 24.6 Å². The zero-order valence-corrected chi connectivity index (χ0v) is 11.3. The maximum atomic E-state index is 12.0. The number of benzene rings is 1. The summed E-state index contributed by atoms with van der Waals surface area (Å²) < 4.78 is 5.23. The Hall–Kier alpha value is -1.20. The molecule has 0 bridgehead atoms. The molecular weight excluding hydrogens is 248 g/mol. The molecule has 0 unspecified atom stereocenters. The van der Waals surface area contributed by atoms with Gasteiger partial charge < -0.3 is 15.4 Å². The van der Waals surface area contributed by atoms with Crippen LogP contribution in [0.5, 0.6) is 0 Å². The summed E-state index contributed by atoms with van der Waals surface area (Å²) in [5.41, 5.74) is 7.65. The Morgan fingerprint density at radius 1 is 1.44 bits per heavy atom. The van der Waals surface area contributed by atoms with Crippen LogP contribution in [0.4, 0.5) is 5.69 Å². The number of rotatable bonds is 3. The van der Waals surface area contributed by atoms with E-state index >= 15 is 0 Å². The van der Waals surface area contributed by atoms with Gasteiger partial charge in [0, 0.05) is 23.7 Å². The lowest BCUT2D eigenvalue weighted by Gasteiger charge is -2.26. The van der Waals surface area contributed by atoms with E-state index in [9.17, 15) is 4.79 Å². The van der Waals surface area contributed by atoms with Crippen molar-refractivity contribution in [1.82, 2.24) is 4.90 Å². The van der Waals surface area contributed by atoms with E-state index in [1.807, 2.05) is 30.0 Å². The Morgan fingerprint density at radius 3 is 2.89 bits per heavy atom. The quantitative estimate of drug-likeness (QED) is 0.666. The van der Waals surface area contributed by atoms with Crippen LogP contribution in [0.2, 0.25) is 0 Å². The lowest BCUT2D eigenvalue weighted by molar-refractivity contribution is -0.132. The molecule has 1 aromatic rings. The number of anilines is 1. The van der Waals surface area contributed by atoms with Crippen LogP contribution in [0.3, 0.4) is 0 Å². The van der Waals surface area contributed by atoms with Gasteiger partial charge in [-0.3, -0.25) is 4.79 Å². The van der Waals surface area contributed by atoms with E-state index in [0.29, 0.717) is 32.1 Å². The molecule has 1 fully saturated rings. The number of hydrogen-bond acceptors (Lipinski definition) is 4. The monoisotopic (exact) mass is 266 g/mol. The zero-order chi connectivity index (χ0) is 13.0. The van der Waals surface area contributed by atoms with Crippen molar-refractivity contribution in [3.63, 3.8) is 0 Å². The van der Waals surface area contributed by atoms with Gasteiger partial charge in [0.2, 0.25) is 5.91 Å². The molecule has 1 aliphatic heterocycles. The number of carbonyl (C=O) groups is 1. The minimum Gasteiger partial charge on any atom is -0.399 e. The Kier molecular flexibility index (Phi) is 4.49. The van der Waals surface area contributed by atoms with Crippen molar-refractivity contribution in [2.24, 2.45) is 0 Å². The van der Waals surface area contributed by atoms with Crippen molar-refractivity contribution < 1.29 is 9.53 Å². The Labute approximate surface area is 111 Å². The number of thioether (sulfide) groups is 1. The minimum atomic E-state index is 0.171. The molecule has 2 rings (SSSR count). The molecule has 1 saturated heterocycles. The van der Waals surface area contributed by atoms with Gasteiger partial charge in [0.15, 0.2) is 0 Å². The smallest absolute Gasteiger partial charge is 0.233 e. The molecule has 1 heterocycles. The fourth-order valence-corrected chi connectivity index (χ4v) is 2.79. The van der Waals surface area contributed by atoms with Crippen LogP contribution in [0, 0.1) is 6.92 Å². The van der Waals surface area contributed by atoms with Gasteiger partial charge in [-0.1, -0.05) is 6.07 Å². The predicted molar refractivity (Wildman–Crippen MR) is 73.7 cm³/mol. The van der Waals surface area contributed by atoms with Gasteiger partial charge in [0.25, 0.3) is 0 Å². The summed E-state index contributed by atoms with van der Waals surface area (Å²) in [7, 11) is 0. The van der Waals surface area contributed by atoms with E-state index in [1.165, 1.54) is 0 Å². The third-order valence-electron chi connectivity index (χ3n) is 2.93. The molecule has 0 saturated carbocycles. The van der Waals surface area contributed by atoms with Gasteiger partial charge in [-0.2, -0.15) is 0 Å². The van der Waals surface area contributed by atoms with Crippen molar-refractivity contribution in [3.05, 3.63) is 23.8 Å². The summed E-state index contributed by atoms with van der Waals surface area (Å²) in [6, 6.07) is 5.78. The average Bonchev–Trinajstić information content (AvgIpc) is 2.40. The van der Waals surface area contributed by atoms with E-state index in [-0.39, 0.29) is 5.91 Å². The summed E-state index contributed by atoms with van der Waals surface area (Å²) in [4.78, 5) is 14.9. The molecule has 1 aliphatic rings. The molecule has 4 nitrogen and oxygen atoms in total.